The van der Waals surface area contributed by atoms with Crippen LogP contribution in [0.15, 0.2) is 27.4 Å². The van der Waals surface area contributed by atoms with Crippen molar-refractivity contribution in [2.24, 2.45) is 0 Å². The number of nitrogens with zero attached hydrogens (tertiary/aromatic N) is 7. The van der Waals surface area contributed by atoms with E-state index in [0.29, 0.717) is 17.1 Å². The smallest absolute Gasteiger partial charge is 0.352 e. The molecule has 0 aliphatic carbocycles. The van der Waals surface area contributed by atoms with Gasteiger partial charge in [0, 0.05) is 11.5 Å². The number of amides is 2. The van der Waals surface area contributed by atoms with Crippen LogP contribution in [0.2, 0.25) is 0 Å². The molecule has 0 radical (unpaired) electrons. The van der Waals surface area contributed by atoms with Crippen LogP contribution in [0, 0.1) is 0 Å². The molecule has 0 spiro atoms. The Hall–Kier alpha value is -2.52. The van der Waals surface area contributed by atoms with Gasteiger partial charge >= 0.3 is 5.97 Å². The van der Waals surface area contributed by atoms with E-state index in [1.807, 2.05) is 0 Å². The van der Waals surface area contributed by atoms with Crippen LogP contribution < -0.4 is 5.32 Å². The highest BCUT2D eigenvalue weighted by Gasteiger charge is 2.54. The van der Waals surface area contributed by atoms with Crippen molar-refractivity contribution in [3.05, 3.63) is 23.1 Å². The normalized spacial score (nSPS) is 21.3. The van der Waals surface area contributed by atoms with Crippen molar-refractivity contribution in [1.29, 1.82) is 0 Å². The Labute approximate surface area is 169 Å². The molecule has 2 aliphatic heterocycles. The first kappa shape index (κ1) is 18.8. The molecule has 0 aromatic carbocycles. The lowest BCUT2D eigenvalue weighted by atomic mass is 10.0. The van der Waals surface area contributed by atoms with Gasteiger partial charge in [0.15, 0.2) is 4.34 Å². The maximum Gasteiger partial charge on any atom is 0.352 e. The van der Waals surface area contributed by atoms with Gasteiger partial charge in [-0.25, -0.2) is 9.48 Å². The number of rotatable bonds is 7. The summed E-state index contributed by atoms with van der Waals surface area (Å²) in [6, 6.07) is -0.777. The van der Waals surface area contributed by atoms with Gasteiger partial charge in [-0.2, -0.15) is 0 Å². The van der Waals surface area contributed by atoms with E-state index in [2.05, 4.69) is 31.0 Å². The third kappa shape index (κ3) is 3.59. The summed E-state index contributed by atoms with van der Waals surface area (Å²) < 4.78 is 1.96. The van der Waals surface area contributed by atoms with Crippen LogP contribution in [0.3, 0.4) is 0 Å². The van der Waals surface area contributed by atoms with E-state index in [4.69, 9.17) is 0 Å². The van der Waals surface area contributed by atoms with Gasteiger partial charge in [-0.15, -0.1) is 27.1 Å². The second-order valence-electron chi connectivity index (χ2n) is 5.71. The summed E-state index contributed by atoms with van der Waals surface area (Å²) in [6.45, 7) is -0.125. The van der Waals surface area contributed by atoms with Gasteiger partial charge < -0.3 is 10.4 Å². The average molecular weight is 440 g/mol. The summed E-state index contributed by atoms with van der Waals surface area (Å²) in [4.78, 5) is 37.7. The van der Waals surface area contributed by atoms with Crippen molar-refractivity contribution >= 4 is 52.6 Å². The van der Waals surface area contributed by atoms with Gasteiger partial charge in [0.2, 0.25) is 5.91 Å². The molecule has 0 bridgehead atoms. The zero-order chi connectivity index (χ0) is 19.7. The number of carboxylic acid groups (broad SMARTS) is 1. The molecule has 2 aromatic heterocycles. The number of carbonyl (C=O) groups excluding carboxylic acids is 2. The molecule has 1 saturated heterocycles. The van der Waals surface area contributed by atoms with Gasteiger partial charge in [-0.05, 0) is 16.0 Å². The van der Waals surface area contributed by atoms with Crippen molar-refractivity contribution in [3.8, 4) is 0 Å². The van der Waals surface area contributed by atoms with Gasteiger partial charge in [0.05, 0.1) is 0 Å². The molecule has 1 unspecified atom stereocenters. The molecule has 4 heterocycles. The number of tetrazole rings is 1. The van der Waals surface area contributed by atoms with Crippen molar-refractivity contribution < 1.29 is 19.5 Å². The molecule has 2 atom stereocenters. The summed E-state index contributed by atoms with van der Waals surface area (Å²) in [5, 5.41) is 29.9. The number of β-lactam (4-membered cyclic amide) rings is 1. The van der Waals surface area contributed by atoms with E-state index < -0.39 is 29.2 Å². The minimum atomic E-state index is -1.16. The fourth-order valence-corrected chi connectivity index (χ4v) is 5.76. The molecule has 1 fully saturated rings. The topological polar surface area (TPSA) is 156 Å². The summed E-state index contributed by atoms with van der Waals surface area (Å²) >= 11 is 4.16. The molecule has 2 aromatic rings. The Morgan fingerprint density at radius 3 is 2.93 bits per heavy atom. The number of hydrogen-bond donors (Lipinski definition) is 2. The quantitative estimate of drug-likeness (QED) is 0.404. The van der Waals surface area contributed by atoms with E-state index in [9.17, 15) is 19.5 Å². The minimum absolute atomic E-state index is 0.0169. The van der Waals surface area contributed by atoms with Gasteiger partial charge in [-0.1, -0.05) is 23.1 Å². The largest absolute Gasteiger partial charge is 0.477 e. The molecule has 4 rings (SSSR count). The lowest BCUT2D eigenvalue weighted by Gasteiger charge is -2.49. The van der Waals surface area contributed by atoms with Crippen LogP contribution in [0.5, 0.6) is 0 Å². The lowest BCUT2D eigenvalue weighted by molar-refractivity contribution is -0.150. The fourth-order valence-electron chi connectivity index (χ4n) is 2.79. The summed E-state index contributed by atoms with van der Waals surface area (Å²) in [5.41, 5.74) is 2.22. The SMILES string of the molecule is O=C(Cn1cnnn1)NC1C(=O)N2C(C(=O)O)=C(CSc3nncs3)CS[C@@H]12. The number of aromatic nitrogens is 6. The van der Waals surface area contributed by atoms with E-state index in [0.717, 1.165) is 4.34 Å². The number of nitrogens with one attached hydrogen (secondary N) is 1. The molecule has 2 N–H and O–H groups in total. The summed E-state index contributed by atoms with van der Waals surface area (Å²) in [6.07, 6.45) is 1.29. The third-order valence-electron chi connectivity index (χ3n) is 3.97. The van der Waals surface area contributed by atoms with Crippen LogP contribution >= 0.6 is 34.9 Å². The standard InChI is InChI=1S/C13H12N8O4S3/c22-7(1-20-4-14-18-19-20)16-8-10(23)21-9(12(24)25)6(2-26-11(8)21)3-27-13-17-15-5-28-13/h4-5,8,11H,1-3H2,(H,16,22)(H,24,25)/t8?,11-/m0/s1. The predicted molar refractivity (Wildman–Crippen MR) is 98.1 cm³/mol. The zero-order valence-electron chi connectivity index (χ0n) is 14.0. The van der Waals surface area contributed by atoms with Gasteiger partial charge in [0.1, 0.15) is 35.5 Å². The number of carboxylic acids is 1. The maximum atomic E-state index is 12.6. The Balaban J connectivity index is 1.44. The number of thioether (sulfide) groups is 2. The van der Waals surface area contributed by atoms with Crippen LogP contribution in [-0.2, 0) is 20.9 Å². The van der Waals surface area contributed by atoms with Crippen LogP contribution in [0.4, 0.5) is 0 Å². The Kier molecular flexibility index (Phi) is 5.27. The second kappa shape index (κ2) is 7.84. The molecule has 2 aliphatic rings. The molecular weight excluding hydrogens is 428 g/mol. The van der Waals surface area contributed by atoms with E-state index in [1.165, 1.54) is 50.8 Å². The first-order valence-corrected chi connectivity index (χ1v) is 10.7. The van der Waals surface area contributed by atoms with E-state index in [-0.39, 0.29) is 12.2 Å². The maximum absolute atomic E-state index is 12.6. The molecule has 146 valence electrons. The monoisotopic (exact) mass is 440 g/mol. The average Bonchev–Trinajstić information content (AvgIpc) is 3.37. The van der Waals surface area contributed by atoms with E-state index in [1.54, 1.807) is 5.51 Å². The van der Waals surface area contributed by atoms with Gasteiger partial charge in [0.25, 0.3) is 5.91 Å². The van der Waals surface area contributed by atoms with Crippen LogP contribution in [0.25, 0.3) is 0 Å². The number of fused-ring (bicyclic) bond motifs is 1. The molecule has 15 heteroatoms. The van der Waals surface area contributed by atoms with Crippen molar-refractivity contribution in [2.75, 3.05) is 11.5 Å². The third-order valence-corrected chi connectivity index (χ3v) is 7.26. The lowest BCUT2D eigenvalue weighted by Crippen LogP contribution is -2.70. The Bertz CT molecular complexity index is 932. The predicted octanol–water partition coefficient (Wildman–Crippen LogP) is -0.944. The molecular formula is C13H12N8O4S3. The van der Waals surface area contributed by atoms with Crippen molar-refractivity contribution in [1.82, 2.24) is 40.6 Å². The van der Waals surface area contributed by atoms with Crippen molar-refractivity contribution in [2.45, 2.75) is 22.3 Å². The number of carbonyl (C=O) groups is 3. The fraction of sp³-hybridized carbons (Fsp3) is 0.385. The first-order chi connectivity index (χ1) is 13.5. The Morgan fingerprint density at radius 1 is 1.39 bits per heavy atom. The number of hydrogen-bond acceptors (Lipinski definition) is 11. The molecule has 28 heavy (non-hydrogen) atoms. The highest BCUT2D eigenvalue weighted by Crippen LogP contribution is 2.41. The van der Waals surface area contributed by atoms with Crippen LogP contribution in [-0.4, -0.2) is 81.1 Å². The highest BCUT2D eigenvalue weighted by molar-refractivity contribution is 8.01. The molecule has 12 nitrogen and oxygen atoms in total. The second-order valence-corrected chi connectivity index (χ2v) is 8.87. The van der Waals surface area contributed by atoms with Gasteiger partial charge in [-0.3, -0.25) is 14.5 Å². The summed E-state index contributed by atoms with van der Waals surface area (Å²) in [5.74, 6) is -1.19. The van der Waals surface area contributed by atoms with E-state index >= 15 is 0 Å². The highest BCUT2D eigenvalue weighted by atomic mass is 32.2. The van der Waals surface area contributed by atoms with Crippen molar-refractivity contribution in [3.63, 3.8) is 0 Å². The molecule has 2 amide bonds. The van der Waals surface area contributed by atoms with Crippen LogP contribution in [0.1, 0.15) is 0 Å². The Morgan fingerprint density at radius 2 is 2.25 bits per heavy atom. The summed E-state index contributed by atoms with van der Waals surface area (Å²) in [7, 11) is 0. The first-order valence-electron chi connectivity index (χ1n) is 7.83. The number of aliphatic carboxylic acids is 1. The zero-order valence-corrected chi connectivity index (χ0v) is 16.4. The molecule has 0 saturated carbocycles. The minimum Gasteiger partial charge on any atom is -0.477 e.